The number of primary amides is 1. The molecule has 100 valence electrons. The first-order valence-corrected chi connectivity index (χ1v) is 4.78. The van der Waals surface area contributed by atoms with E-state index < -0.39 is 35.2 Å². The molecule has 1 atom stereocenters. The number of rotatable bonds is 3. The van der Waals surface area contributed by atoms with Crippen molar-refractivity contribution in [3.63, 3.8) is 0 Å². The van der Waals surface area contributed by atoms with Crippen LogP contribution in [0.1, 0.15) is 15.9 Å². The minimum absolute atomic E-state index is 0.473. The zero-order valence-corrected chi connectivity index (χ0v) is 9.23. The van der Waals surface area contributed by atoms with E-state index in [0.29, 0.717) is 6.20 Å². The van der Waals surface area contributed by atoms with Crippen LogP contribution in [-0.4, -0.2) is 22.8 Å². The van der Waals surface area contributed by atoms with Crippen LogP contribution in [0.2, 0.25) is 0 Å². The summed E-state index contributed by atoms with van der Waals surface area (Å²) in [6.45, 7) is 0. The van der Waals surface area contributed by atoms with E-state index in [0.717, 1.165) is 12.3 Å². The number of pyridine rings is 1. The van der Waals surface area contributed by atoms with E-state index in [1.54, 1.807) is 5.32 Å². The van der Waals surface area contributed by atoms with Crippen molar-refractivity contribution in [1.82, 2.24) is 10.3 Å². The lowest BCUT2D eigenvalue weighted by molar-refractivity contribution is -0.138. The SMILES string of the molecule is N#CC(NC(=O)c1ccncc1C(F)(F)F)C(N)=O. The maximum absolute atomic E-state index is 12.6. The highest BCUT2D eigenvalue weighted by Crippen LogP contribution is 2.31. The van der Waals surface area contributed by atoms with Crippen LogP contribution in [0.15, 0.2) is 18.5 Å². The van der Waals surface area contributed by atoms with Crippen LogP contribution >= 0.6 is 0 Å². The maximum Gasteiger partial charge on any atom is 0.418 e. The number of carbonyl (C=O) groups is 2. The summed E-state index contributed by atoms with van der Waals surface area (Å²) in [4.78, 5) is 25.6. The van der Waals surface area contributed by atoms with E-state index in [2.05, 4.69) is 4.98 Å². The molecule has 1 aromatic heterocycles. The topological polar surface area (TPSA) is 109 Å². The lowest BCUT2D eigenvalue weighted by atomic mass is 10.1. The highest BCUT2D eigenvalue weighted by molar-refractivity contribution is 5.99. The van der Waals surface area contributed by atoms with Gasteiger partial charge in [-0.2, -0.15) is 18.4 Å². The molecular weight excluding hydrogens is 265 g/mol. The number of carbonyl (C=O) groups excluding carboxylic acids is 2. The first-order chi connectivity index (χ1) is 8.77. The second kappa shape index (κ2) is 5.34. The van der Waals surface area contributed by atoms with Crippen molar-refractivity contribution >= 4 is 11.8 Å². The van der Waals surface area contributed by atoms with Crippen LogP contribution in [0, 0.1) is 11.3 Å². The molecule has 2 amide bonds. The van der Waals surface area contributed by atoms with Gasteiger partial charge in [0.2, 0.25) is 0 Å². The van der Waals surface area contributed by atoms with Crippen LogP contribution in [0.3, 0.4) is 0 Å². The Labute approximate surface area is 105 Å². The van der Waals surface area contributed by atoms with Crippen LogP contribution in [-0.2, 0) is 11.0 Å². The second-order valence-electron chi connectivity index (χ2n) is 3.36. The summed E-state index contributed by atoms with van der Waals surface area (Å²) in [5.74, 6) is -2.40. The third kappa shape index (κ3) is 3.41. The summed E-state index contributed by atoms with van der Waals surface area (Å²) in [7, 11) is 0. The Morgan fingerprint density at radius 2 is 2.11 bits per heavy atom. The molecule has 0 radical (unpaired) electrons. The quantitative estimate of drug-likeness (QED) is 0.819. The van der Waals surface area contributed by atoms with Crippen LogP contribution in [0.4, 0.5) is 13.2 Å². The number of halogens is 3. The van der Waals surface area contributed by atoms with E-state index >= 15 is 0 Å². The van der Waals surface area contributed by atoms with E-state index in [4.69, 9.17) is 11.0 Å². The fourth-order valence-electron chi connectivity index (χ4n) is 1.19. The minimum Gasteiger partial charge on any atom is -0.367 e. The molecule has 1 rings (SSSR count). The number of alkyl halides is 3. The van der Waals surface area contributed by atoms with Gasteiger partial charge in [-0.1, -0.05) is 0 Å². The molecule has 0 aromatic carbocycles. The number of nitrogens with zero attached hydrogens (tertiary/aromatic N) is 2. The molecule has 0 saturated carbocycles. The summed E-state index contributed by atoms with van der Waals surface area (Å²) in [6.07, 6.45) is -3.33. The predicted molar refractivity (Wildman–Crippen MR) is 55.3 cm³/mol. The van der Waals surface area contributed by atoms with Gasteiger partial charge in [0.05, 0.1) is 17.2 Å². The van der Waals surface area contributed by atoms with Gasteiger partial charge in [0, 0.05) is 12.4 Å². The Balaban J connectivity index is 3.08. The van der Waals surface area contributed by atoms with Crippen molar-refractivity contribution in [1.29, 1.82) is 5.26 Å². The molecule has 3 N–H and O–H groups in total. The number of nitriles is 1. The lowest BCUT2D eigenvalue weighted by Gasteiger charge is -2.13. The van der Waals surface area contributed by atoms with Gasteiger partial charge in [0.1, 0.15) is 0 Å². The van der Waals surface area contributed by atoms with Crippen LogP contribution < -0.4 is 11.1 Å². The number of nitrogens with one attached hydrogen (secondary N) is 1. The van der Waals surface area contributed by atoms with Crippen molar-refractivity contribution < 1.29 is 22.8 Å². The Morgan fingerprint density at radius 3 is 2.58 bits per heavy atom. The minimum atomic E-state index is -4.78. The van der Waals surface area contributed by atoms with Crippen molar-refractivity contribution in [3.8, 4) is 6.07 Å². The van der Waals surface area contributed by atoms with E-state index in [-0.39, 0.29) is 0 Å². The van der Waals surface area contributed by atoms with Crippen LogP contribution in [0.5, 0.6) is 0 Å². The molecule has 0 saturated heterocycles. The van der Waals surface area contributed by atoms with Gasteiger partial charge < -0.3 is 11.1 Å². The number of amides is 2. The van der Waals surface area contributed by atoms with E-state index in [1.807, 2.05) is 0 Å². The van der Waals surface area contributed by atoms with Crippen molar-refractivity contribution in [2.45, 2.75) is 12.2 Å². The zero-order chi connectivity index (χ0) is 14.6. The van der Waals surface area contributed by atoms with Gasteiger partial charge >= 0.3 is 6.18 Å². The molecule has 19 heavy (non-hydrogen) atoms. The fraction of sp³-hybridized carbons (Fsp3) is 0.200. The molecule has 0 spiro atoms. The molecule has 1 unspecified atom stereocenters. The first-order valence-electron chi connectivity index (χ1n) is 4.78. The second-order valence-corrected chi connectivity index (χ2v) is 3.36. The van der Waals surface area contributed by atoms with Gasteiger partial charge in [0.25, 0.3) is 11.8 Å². The normalized spacial score (nSPS) is 12.3. The van der Waals surface area contributed by atoms with Gasteiger partial charge in [-0.3, -0.25) is 14.6 Å². The van der Waals surface area contributed by atoms with Crippen molar-refractivity contribution in [3.05, 3.63) is 29.6 Å². The predicted octanol–water partition coefficient (Wildman–Crippen LogP) is 0.208. The standard InChI is InChI=1S/C10H7F3N4O2/c11-10(12,13)6-4-16-2-1-5(6)9(19)17-7(3-14)8(15)18/h1-2,4,7H,(H2,15,18)(H,17,19). The average molecular weight is 272 g/mol. The lowest BCUT2D eigenvalue weighted by Crippen LogP contribution is -2.43. The molecule has 6 nitrogen and oxygen atoms in total. The molecular formula is C10H7F3N4O2. The van der Waals surface area contributed by atoms with Gasteiger partial charge in [0.15, 0.2) is 6.04 Å². The molecule has 9 heteroatoms. The number of hydrogen-bond donors (Lipinski definition) is 2. The molecule has 1 heterocycles. The fourth-order valence-corrected chi connectivity index (χ4v) is 1.19. The first kappa shape index (κ1) is 14.4. The summed E-state index contributed by atoms with van der Waals surface area (Å²) in [5, 5.41) is 10.3. The number of hydrogen-bond acceptors (Lipinski definition) is 4. The average Bonchev–Trinajstić information content (AvgIpc) is 2.34. The molecule has 0 aliphatic carbocycles. The molecule has 1 aromatic rings. The Hall–Kier alpha value is -2.63. The summed E-state index contributed by atoms with van der Waals surface area (Å²) in [5.41, 5.74) is 2.77. The number of aromatic nitrogens is 1. The van der Waals surface area contributed by atoms with Gasteiger partial charge in [-0.15, -0.1) is 0 Å². The molecule has 0 aliphatic rings. The Kier molecular flexibility index (Phi) is 4.06. The van der Waals surface area contributed by atoms with Crippen molar-refractivity contribution in [2.75, 3.05) is 0 Å². The summed E-state index contributed by atoms with van der Waals surface area (Å²) >= 11 is 0. The third-order valence-corrected chi connectivity index (χ3v) is 2.06. The largest absolute Gasteiger partial charge is 0.418 e. The highest BCUT2D eigenvalue weighted by Gasteiger charge is 2.36. The van der Waals surface area contributed by atoms with E-state index in [1.165, 1.54) is 6.07 Å². The summed E-state index contributed by atoms with van der Waals surface area (Å²) < 4.78 is 37.8. The van der Waals surface area contributed by atoms with Crippen molar-refractivity contribution in [2.24, 2.45) is 5.73 Å². The Bertz CT molecular complexity index is 550. The summed E-state index contributed by atoms with van der Waals surface area (Å²) in [6, 6.07) is 0.477. The molecule has 0 bridgehead atoms. The third-order valence-electron chi connectivity index (χ3n) is 2.06. The Morgan fingerprint density at radius 1 is 1.47 bits per heavy atom. The number of nitrogens with two attached hydrogens (primary N) is 1. The van der Waals surface area contributed by atoms with Gasteiger partial charge in [-0.05, 0) is 6.07 Å². The monoisotopic (exact) mass is 272 g/mol. The van der Waals surface area contributed by atoms with E-state index in [9.17, 15) is 22.8 Å². The molecule has 0 aliphatic heterocycles. The molecule has 0 fully saturated rings. The highest BCUT2D eigenvalue weighted by atomic mass is 19.4. The van der Waals surface area contributed by atoms with Gasteiger partial charge in [-0.25, -0.2) is 0 Å². The maximum atomic E-state index is 12.6. The smallest absolute Gasteiger partial charge is 0.367 e. The zero-order valence-electron chi connectivity index (χ0n) is 9.23. The van der Waals surface area contributed by atoms with Crippen LogP contribution in [0.25, 0.3) is 0 Å².